The van der Waals surface area contributed by atoms with E-state index in [1.165, 1.54) is 0 Å². The van der Waals surface area contributed by atoms with Crippen LogP contribution in [0.2, 0.25) is 0 Å². The summed E-state index contributed by atoms with van der Waals surface area (Å²) in [4.78, 5) is 17.8. The second-order valence-corrected chi connectivity index (χ2v) is 7.57. The maximum Gasteiger partial charge on any atom is 0.252 e. The van der Waals surface area contributed by atoms with Crippen molar-refractivity contribution in [2.24, 2.45) is 0 Å². The maximum atomic E-state index is 12.9. The van der Waals surface area contributed by atoms with Crippen molar-refractivity contribution in [3.05, 3.63) is 47.5 Å². The van der Waals surface area contributed by atoms with Crippen LogP contribution >= 0.6 is 0 Å². The summed E-state index contributed by atoms with van der Waals surface area (Å²) >= 11 is 0. The highest BCUT2D eigenvalue weighted by Gasteiger charge is 2.25. The Bertz CT molecular complexity index is 886. The zero-order valence-electron chi connectivity index (χ0n) is 16.1. The molecule has 4 rings (SSSR count). The van der Waals surface area contributed by atoms with Crippen LogP contribution in [0.4, 0.5) is 0 Å². The van der Waals surface area contributed by atoms with Gasteiger partial charge in [0.05, 0.1) is 24.8 Å². The molecule has 2 aromatic carbocycles. The number of ether oxygens (including phenoxy) is 1. The van der Waals surface area contributed by atoms with Gasteiger partial charge in [0.25, 0.3) is 5.91 Å². The molecule has 2 aliphatic rings. The minimum Gasteiger partial charge on any atom is -0.379 e. The highest BCUT2D eigenvalue weighted by molar-refractivity contribution is 6.07. The van der Waals surface area contributed by atoms with Gasteiger partial charge in [0, 0.05) is 50.9 Å². The van der Waals surface area contributed by atoms with Gasteiger partial charge in [-0.2, -0.15) is 5.26 Å². The molecule has 2 saturated heterocycles. The van der Waals surface area contributed by atoms with E-state index in [4.69, 9.17) is 4.74 Å². The molecular weight excluding hydrogens is 352 g/mol. The van der Waals surface area contributed by atoms with Crippen molar-refractivity contribution in [2.75, 3.05) is 52.5 Å². The van der Waals surface area contributed by atoms with Crippen LogP contribution in [-0.4, -0.2) is 74.2 Å². The second kappa shape index (κ2) is 8.70. The van der Waals surface area contributed by atoms with E-state index >= 15 is 0 Å². The van der Waals surface area contributed by atoms with E-state index in [-0.39, 0.29) is 11.9 Å². The molecule has 28 heavy (non-hydrogen) atoms. The molecule has 0 aromatic heterocycles. The standard InChI is InChI=1S/C22H26N4O2/c23-15-17-13-18-3-1-2-4-20(18)21(14-17)22(27)24-19-5-6-26(16-19)8-7-25-9-11-28-12-10-25/h1-4,13-14,19H,5-12,16H2,(H,24,27). The Kier molecular flexibility index (Phi) is 5.87. The molecule has 1 N–H and O–H groups in total. The van der Waals surface area contributed by atoms with Crippen LogP contribution in [-0.2, 0) is 4.74 Å². The third-order valence-corrected chi connectivity index (χ3v) is 5.68. The third kappa shape index (κ3) is 4.33. The number of nitriles is 1. The fraction of sp³-hybridized carbons (Fsp3) is 0.455. The van der Waals surface area contributed by atoms with Gasteiger partial charge < -0.3 is 10.1 Å². The van der Waals surface area contributed by atoms with E-state index in [2.05, 4.69) is 21.2 Å². The van der Waals surface area contributed by atoms with Crippen LogP contribution in [0.15, 0.2) is 36.4 Å². The molecule has 6 heteroatoms. The molecular formula is C22H26N4O2. The molecule has 2 heterocycles. The summed E-state index contributed by atoms with van der Waals surface area (Å²) in [7, 11) is 0. The average molecular weight is 378 g/mol. The van der Waals surface area contributed by atoms with Gasteiger partial charge >= 0.3 is 0 Å². The van der Waals surface area contributed by atoms with Gasteiger partial charge in [-0.25, -0.2) is 0 Å². The summed E-state index contributed by atoms with van der Waals surface area (Å²) in [5, 5.41) is 14.3. The fourth-order valence-electron chi connectivity index (χ4n) is 4.09. The molecule has 2 aliphatic heterocycles. The highest BCUT2D eigenvalue weighted by Crippen LogP contribution is 2.21. The van der Waals surface area contributed by atoms with E-state index in [1.807, 2.05) is 30.3 Å². The quantitative estimate of drug-likeness (QED) is 0.860. The number of benzene rings is 2. The van der Waals surface area contributed by atoms with Gasteiger partial charge in [0.2, 0.25) is 0 Å². The molecule has 0 spiro atoms. The maximum absolute atomic E-state index is 12.9. The number of hydrogen-bond donors (Lipinski definition) is 1. The van der Waals surface area contributed by atoms with E-state index in [1.54, 1.807) is 6.07 Å². The number of hydrogen-bond acceptors (Lipinski definition) is 5. The molecule has 1 amide bonds. The first-order valence-corrected chi connectivity index (χ1v) is 9.99. The first-order valence-electron chi connectivity index (χ1n) is 9.99. The lowest BCUT2D eigenvalue weighted by atomic mass is 10.0. The lowest BCUT2D eigenvalue weighted by molar-refractivity contribution is 0.0343. The number of carbonyl (C=O) groups is 1. The van der Waals surface area contributed by atoms with Gasteiger partial charge in [-0.3, -0.25) is 14.6 Å². The monoisotopic (exact) mass is 378 g/mol. The Morgan fingerprint density at radius 1 is 1.14 bits per heavy atom. The SMILES string of the molecule is N#Cc1cc(C(=O)NC2CCN(CCN3CCOCC3)C2)c2ccccc2c1. The number of carbonyl (C=O) groups excluding carboxylic acids is 1. The third-order valence-electron chi connectivity index (χ3n) is 5.68. The molecule has 6 nitrogen and oxygen atoms in total. The number of amides is 1. The van der Waals surface area contributed by atoms with E-state index in [0.717, 1.165) is 69.7 Å². The van der Waals surface area contributed by atoms with E-state index in [0.29, 0.717) is 11.1 Å². The number of fused-ring (bicyclic) bond motifs is 1. The molecule has 1 unspecified atom stereocenters. The molecule has 2 aromatic rings. The van der Waals surface area contributed by atoms with Crippen LogP contribution < -0.4 is 5.32 Å². The second-order valence-electron chi connectivity index (χ2n) is 7.57. The number of likely N-dealkylation sites (tertiary alicyclic amines) is 1. The summed E-state index contributed by atoms with van der Waals surface area (Å²) in [6.45, 7) is 7.65. The Labute approximate surface area is 165 Å². The first kappa shape index (κ1) is 18.9. The fourth-order valence-corrected chi connectivity index (χ4v) is 4.09. The number of rotatable bonds is 5. The molecule has 146 valence electrons. The number of nitrogens with zero attached hydrogens (tertiary/aromatic N) is 3. The predicted octanol–water partition coefficient (Wildman–Crippen LogP) is 1.85. The summed E-state index contributed by atoms with van der Waals surface area (Å²) < 4.78 is 5.40. The van der Waals surface area contributed by atoms with Gasteiger partial charge in [-0.05, 0) is 29.3 Å². The molecule has 2 fully saturated rings. The zero-order chi connectivity index (χ0) is 19.3. The van der Waals surface area contributed by atoms with Crippen LogP contribution in [0.3, 0.4) is 0 Å². The molecule has 0 bridgehead atoms. The zero-order valence-corrected chi connectivity index (χ0v) is 16.1. The topological polar surface area (TPSA) is 68.6 Å². The molecule has 1 atom stereocenters. The predicted molar refractivity (Wildman–Crippen MR) is 108 cm³/mol. The first-order chi connectivity index (χ1) is 13.7. The van der Waals surface area contributed by atoms with Crippen molar-refractivity contribution in [3.8, 4) is 6.07 Å². The van der Waals surface area contributed by atoms with E-state index in [9.17, 15) is 10.1 Å². The number of morpholine rings is 1. The van der Waals surface area contributed by atoms with Crippen molar-refractivity contribution in [1.29, 1.82) is 5.26 Å². The number of nitrogens with one attached hydrogen (secondary N) is 1. The summed E-state index contributed by atoms with van der Waals surface area (Å²) in [6.07, 6.45) is 0.963. The van der Waals surface area contributed by atoms with Crippen LogP contribution in [0.1, 0.15) is 22.3 Å². The van der Waals surface area contributed by atoms with Crippen LogP contribution in [0, 0.1) is 11.3 Å². The lowest BCUT2D eigenvalue weighted by Gasteiger charge is -2.28. The van der Waals surface area contributed by atoms with Gasteiger partial charge in [-0.15, -0.1) is 0 Å². The summed E-state index contributed by atoms with van der Waals surface area (Å²) in [5.74, 6) is -0.0895. The minimum atomic E-state index is -0.0895. The Hall–Kier alpha value is -2.46. The van der Waals surface area contributed by atoms with Crippen LogP contribution in [0.25, 0.3) is 10.8 Å². The van der Waals surface area contributed by atoms with E-state index < -0.39 is 0 Å². The van der Waals surface area contributed by atoms with Crippen molar-refractivity contribution in [3.63, 3.8) is 0 Å². The van der Waals surface area contributed by atoms with Crippen molar-refractivity contribution in [2.45, 2.75) is 12.5 Å². The normalized spacial score (nSPS) is 20.9. The van der Waals surface area contributed by atoms with Gasteiger partial charge in [0.1, 0.15) is 0 Å². The van der Waals surface area contributed by atoms with Crippen molar-refractivity contribution in [1.82, 2.24) is 15.1 Å². The molecule has 0 saturated carbocycles. The summed E-state index contributed by atoms with van der Waals surface area (Å²) in [6, 6.07) is 13.6. The Morgan fingerprint density at radius 2 is 1.93 bits per heavy atom. The Morgan fingerprint density at radius 3 is 2.75 bits per heavy atom. The lowest BCUT2D eigenvalue weighted by Crippen LogP contribution is -2.42. The molecule has 0 radical (unpaired) electrons. The largest absolute Gasteiger partial charge is 0.379 e. The average Bonchev–Trinajstić information content (AvgIpc) is 3.19. The van der Waals surface area contributed by atoms with Crippen molar-refractivity contribution >= 4 is 16.7 Å². The smallest absolute Gasteiger partial charge is 0.252 e. The Balaban J connectivity index is 1.37. The summed E-state index contributed by atoms with van der Waals surface area (Å²) in [5.41, 5.74) is 1.10. The molecule has 0 aliphatic carbocycles. The van der Waals surface area contributed by atoms with Gasteiger partial charge in [0.15, 0.2) is 0 Å². The van der Waals surface area contributed by atoms with Crippen molar-refractivity contribution < 1.29 is 9.53 Å². The minimum absolute atomic E-state index is 0.0895. The van der Waals surface area contributed by atoms with Gasteiger partial charge in [-0.1, -0.05) is 24.3 Å². The highest BCUT2D eigenvalue weighted by atomic mass is 16.5. The van der Waals surface area contributed by atoms with Crippen LogP contribution in [0.5, 0.6) is 0 Å².